The standard InChI is InChI=1S/C14H28N2OS/c1-14(2,3)12-8-11-18-13(16-12)15-9-6-5-7-10-17-4/h12H,5-11H2,1-4H3,(H,15,16). The molecular formula is C14H28N2OS. The Hall–Kier alpha value is -0.220. The second-order valence-electron chi connectivity index (χ2n) is 5.94. The van der Waals surface area contributed by atoms with Crippen LogP contribution in [0.1, 0.15) is 46.5 Å². The quantitative estimate of drug-likeness (QED) is 0.753. The first-order valence-corrected chi connectivity index (χ1v) is 7.95. The maximum Gasteiger partial charge on any atom is 0.156 e. The fourth-order valence-corrected chi connectivity index (χ4v) is 2.95. The fourth-order valence-electron chi connectivity index (χ4n) is 1.99. The summed E-state index contributed by atoms with van der Waals surface area (Å²) in [5.41, 5.74) is 0.320. The van der Waals surface area contributed by atoms with Gasteiger partial charge in [0.2, 0.25) is 0 Å². The lowest BCUT2D eigenvalue weighted by atomic mass is 9.85. The van der Waals surface area contributed by atoms with Crippen molar-refractivity contribution in [1.29, 1.82) is 0 Å². The van der Waals surface area contributed by atoms with Gasteiger partial charge in [0.05, 0.1) is 0 Å². The Balaban J connectivity index is 2.24. The number of nitrogens with zero attached hydrogens (tertiary/aromatic N) is 1. The number of amidine groups is 1. The number of hydrogen-bond acceptors (Lipinski definition) is 3. The second-order valence-corrected chi connectivity index (χ2v) is 7.02. The van der Waals surface area contributed by atoms with E-state index in [9.17, 15) is 0 Å². The Kier molecular flexibility index (Phi) is 7.08. The van der Waals surface area contributed by atoms with Crippen LogP contribution in [0.4, 0.5) is 0 Å². The average Bonchev–Trinajstić information content (AvgIpc) is 2.33. The van der Waals surface area contributed by atoms with Crippen molar-refractivity contribution in [2.45, 2.75) is 52.5 Å². The molecule has 0 aromatic heterocycles. The molecule has 0 bridgehead atoms. The topological polar surface area (TPSA) is 33.6 Å². The van der Waals surface area contributed by atoms with E-state index >= 15 is 0 Å². The predicted octanol–water partition coefficient (Wildman–Crippen LogP) is 3.30. The zero-order valence-corrected chi connectivity index (χ0v) is 13.1. The highest BCUT2D eigenvalue weighted by Gasteiger charge is 2.28. The van der Waals surface area contributed by atoms with Crippen molar-refractivity contribution < 1.29 is 4.74 Å². The third-order valence-electron chi connectivity index (χ3n) is 3.25. The molecule has 0 radical (unpaired) electrons. The van der Waals surface area contributed by atoms with Gasteiger partial charge in [-0.25, -0.2) is 0 Å². The van der Waals surface area contributed by atoms with Crippen LogP contribution >= 0.6 is 11.8 Å². The molecule has 0 saturated carbocycles. The van der Waals surface area contributed by atoms with E-state index in [1.165, 1.54) is 18.6 Å². The fraction of sp³-hybridized carbons (Fsp3) is 0.929. The molecule has 1 unspecified atom stereocenters. The first kappa shape index (κ1) is 15.8. The summed E-state index contributed by atoms with van der Waals surface area (Å²) < 4.78 is 5.04. The van der Waals surface area contributed by atoms with Crippen LogP contribution in [-0.4, -0.2) is 37.2 Å². The Labute approximate surface area is 116 Å². The molecule has 18 heavy (non-hydrogen) atoms. The highest BCUT2D eigenvalue weighted by Crippen LogP contribution is 2.27. The molecule has 3 nitrogen and oxygen atoms in total. The van der Waals surface area contributed by atoms with Gasteiger partial charge in [-0.2, -0.15) is 0 Å². The zero-order chi connectivity index (χ0) is 13.4. The molecule has 1 saturated heterocycles. The molecule has 1 atom stereocenters. The Morgan fingerprint density at radius 1 is 1.33 bits per heavy atom. The lowest BCUT2D eigenvalue weighted by Gasteiger charge is -2.35. The van der Waals surface area contributed by atoms with E-state index in [1.54, 1.807) is 7.11 Å². The number of hydrogen-bond donors (Lipinski definition) is 1. The Morgan fingerprint density at radius 2 is 2.11 bits per heavy atom. The van der Waals surface area contributed by atoms with Crippen LogP contribution in [0.2, 0.25) is 0 Å². The first-order chi connectivity index (χ1) is 8.54. The maximum absolute atomic E-state index is 5.04. The minimum Gasteiger partial charge on any atom is -0.385 e. The van der Waals surface area contributed by atoms with Gasteiger partial charge in [0.15, 0.2) is 5.17 Å². The van der Waals surface area contributed by atoms with Crippen LogP contribution in [0, 0.1) is 5.41 Å². The van der Waals surface area contributed by atoms with E-state index in [0.717, 1.165) is 31.2 Å². The minimum atomic E-state index is 0.320. The number of ether oxygens (including phenoxy) is 1. The molecule has 0 amide bonds. The summed E-state index contributed by atoms with van der Waals surface area (Å²) in [6.45, 7) is 8.70. The summed E-state index contributed by atoms with van der Waals surface area (Å²) in [4.78, 5) is 4.67. The molecule has 0 aromatic carbocycles. The van der Waals surface area contributed by atoms with Crippen molar-refractivity contribution >= 4 is 16.9 Å². The molecule has 1 aliphatic heterocycles. The van der Waals surface area contributed by atoms with Crippen LogP contribution < -0.4 is 5.32 Å². The Bertz CT molecular complexity index is 261. The number of methoxy groups -OCH3 is 1. The number of nitrogens with one attached hydrogen (secondary N) is 1. The highest BCUT2D eigenvalue weighted by molar-refractivity contribution is 8.13. The summed E-state index contributed by atoms with van der Waals surface area (Å²) in [5, 5.41) is 4.73. The molecule has 0 aliphatic carbocycles. The van der Waals surface area contributed by atoms with Crippen molar-refractivity contribution in [1.82, 2.24) is 5.32 Å². The molecule has 0 spiro atoms. The molecule has 0 aromatic rings. The largest absolute Gasteiger partial charge is 0.385 e. The number of thioether (sulfide) groups is 1. The third kappa shape index (κ3) is 6.10. The molecule has 1 aliphatic rings. The first-order valence-electron chi connectivity index (χ1n) is 6.97. The van der Waals surface area contributed by atoms with Crippen LogP contribution in [0.3, 0.4) is 0 Å². The summed E-state index contributed by atoms with van der Waals surface area (Å²) in [7, 11) is 1.76. The number of unbranched alkanes of at least 4 members (excludes halogenated alkanes) is 2. The Morgan fingerprint density at radius 3 is 2.78 bits per heavy atom. The van der Waals surface area contributed by atoms with Gasteiger partial charge in [-0.05, 0) is 31.1 Å². The van der Waals surface area contributed by atoms with E-state index in [-0.39, 0.29) is 0 Å². The van der Waals surface area contributed by atoms with Gasteiger partial charge in [0.25, 0.3) is 0 Å². The molecule has 106 valence electrons. The summed E-state index contributed by atoms with van der Waals surface area (Å²) in [6, 6.07) is 0.561. The lowest BCUT2D eigenvalue weighted by molar-refractivity contribution is 0.192. The van der Waals surface area contributed by atoms with Gasteiger partial charge < -0.3 is 10.1 Å². The third-order valence-corrected chi connectivity index (χ3v) is 4.21. The van der Waals surface area contributed by atoms with E-state index in [0.29, 0.717) is 11.5 Å². The summed E-state index contributed by atoms with van der Waals surface area (Å²) in [6.07, 6.45) is 4.75. The number of rotatable bonds is 6. The van der Waals surface area contributed by atoms with E-state index in [2.05, 4.69) is 31.1 Å². The molecule has 1 rings (SSSR count). The van der Waals surface area contributed by atoms with Crippen molar-refractivity contribution in [3.63, 3.8) is 0 Å². The van der Waals surface area contributed by atoms with Crippen molar-refractivity contribution in [3.8, 4) is 0 Å². The van der Waals surface area contributed by atoms with E-state index in [4.69, 9.17) is 4.74 Å². The minimum absolute atomic E-state index is 0.320. The van der Waals surface area contributed by atoms with Gasteiger partial charge >= 0.3 is 0 Å². The molecule has 1 heterocycles. The summed E-state index contributed by atoms with van der Waals surface area (Å²) >= 11 is 1.87. The smallest absolute Gasteiger partial charge is 0.156 e. The van der Waals surface area contributed by atoms with Crippen LogP contribution in [-0.2, 0) is 4.74 Å². The van der Waals surface area contributed by atoms with Crippen molar-refractivity contribution in [3.05, 3.63) is 0 Å². The van der Waals surface area contributed by atoms with Crippen LogP contribution in [0.15, 0.2) is 4.99 Å². The molecule has 4 heteroatoms. The second kappa shape index (κ2) is 8.05. The van der Waals surface area contributed by atoms with E-state index < -0.39 is 0 Å². The SMILES string of the molecule is COCCCCCN=C1NC(C(C)(C)C)CCS1. The predicted molar refractivity (Wildman–Crippen MR) is 81.5 cm³/mol. The average molecular weight is 272 g/mol. The summed E-state index contributed by atoms with van der Waals surface area (Å²) in [5.74, 6) is 1.19. The van der Waals surface area contributed by atoms with Gasteiger partial charge in [0, 0.05) is 32.1 Å². The maximum atomic E-state index is 5.04. The molecule has 1 N–H and O–H groups in total. The van der Waals surface area contributed by atoms with Gasteiger partial charge in [0.1, 0.15) is 0 Å². The molecular weight excluding hydrogens is 244 g/mol. The van der Waals surface area contributed by atoms with Gasteiger partial charge in [-0.15, -0.1) is 0 Å². The lowest BCUT2D eigenvalue weighted by Crippen LogP contribution is -2.46. The molecule has 1 fully saturated rings. The van der Waals surface area contributed by atoms with Crippen molar-refractivity contribution in [2.75, 3.05) is 26.0 Å². The van der Waals surface area contributed by atoms with Crippen LogP contribution in [0.25, 0.3) is 0 Å². The van der Waals surface area contributed by atoms with Gasteiger partial charge in [-0.1, -0.05) is 32.5 Å². The van der Waals surface area contributed by atoms with Crippen molar-refractivity contribution in [2.24, 2.45) is 10.4 Å². The normalized spacial score (nSPS) is 23.1. The zero-order valence-electron chi connectivity index (χ0n) is 12.3. The van der Waals surface area contributed by atoms with E-state index in [1.807, 2.05) is 11.8 Å². The monoisotopic (exact) mass is 272 g/mol. The number of aliphatic imine (C=N–C) groups is 1. The highest BCUT2D eigenvalue weighted by atomic mass is 32.2. The van der Waals surface area contributed by atoms with Crippen LogP contribution in [0.5, 0.6) is 0 Å². The van der Waals surface area contributed by atoms with Gasteiger partial charge in [-0.3, -0.25) is 4.99 Å².